The molecule has 0 saturated heterocycles. The van der Waals surface area contributed by atoms with Gasteiger partial charge in [0.15, 0.2) is 6.61 Å². The molecule has 0 bridgehead atoms. The smallest absolute Gasteiger partial charge is 0.260 e. The molecule has 2 aromatic carbocycles. The zero-order chi connectivity index (χ0) is 16.7. The quantitative estimate of drug-likeness (QED) is 0.765. The number of hydrogen-bond donors (Lipinski definition) is 0. The lowest BCUT2D eigenvalue weighted by Crippen LogP contribution is -2.34. The highest BCUT2D eigenvalue weighted by atomic mass is 16.5. The Balaban J connectivity index is 1.98. The van der Waals surface area contributed by atoms with Crippen LogP contribution in [0.5, 0.6) is 5.75 Å². The van der Waals surface area contributed by atoms with E-state index in [1.165, 1.54) is 0 Å². The summed E-state index contributed by atoms with van der Waals surface area (Å²) < 4.78 is 5.79. The second-order valence-corrected chi connectivity index (χ2v) is 5.87. The number of carbonyl (C=O) groups is 1. The fraction of sp³-hybridized carbons (Fsp3) is 0.350. The Kier molecular flexibility index (Phi) is 6.21. The van der Waals surface area contributed by atoms with E-state index >= 15 is 0 Å². The van der Waals surface area contributed by atoms with Gasteiger partial charge in [0.25, 0.3) is 5.91 Å². The maximum Gasteiger partial charge on any atom is 0.260 e. The van der Waals surface area contributed by atoms with Crippen molar-refractivity contribution in [3.8, 4) is 5.75 Å². The van der Waals surface area contributed by atoms with Crippen LogP contribution in [0.1, 0.15) is 37.8 Å². The molecule has 1 amide bonds. The van der Waals surface area contributed by atoms with Crippen LogP contribution in [-0.4, -0.2) is 24.0 Å². The van der Waals surface area contributed by atoms with Crippen molar-refractivity contribution in [3.05, 3.63) is 65.7 Å². The minimum Gasteiger partial charge on any atom is -0.483 e. The maximum atomic E-state index is 12.4. The van der Waals surface area contributed by atoms with Crippen LogP contribution >= 0.6 is 0 Å². The van der Waals surface area contributed by atoms with Gasteiger partial charge in [-0.15, -0.1) is 0 Å². The number of carbonyl (C=O) groups excluding carboxylic acids is 1. The molecule has 2 aromatic rings. The van der Waals surface area contributed by atoms with Crippen molar-refractivity contribution in [1.29, 1.82) is 0 Å². The van der Waals surface area contributed by atoms with Gasteiger partial charge < -0.3 is 9.64 Å². The van der Waals surface area contributed by atoms with Gasteiger partial charge in [0, 0.05) is 13.1 Å². The summed E-state index contributed by atoms with van der Waals surface area (Å²) in [5.74, 6) is 1.18. The van der Waals surface area contributed by atoms with Crippen LogP contribution in [0.4, 0.5) is 0 Å². The van der Waals surface area contributed by atoms with Crippen LogP contribution in [0.25, 0.3) is 0 Å². The zero-order valence-electron chi connectivity index (χ0n) is 14.2. The fourth-order valence-corrected chi connectivity index (χ4v) is 2.50. The first kappa shape index (κ1) is 17.1. The largest absolute Gasteiger partial charge is 0.483 e. The normalized spacial score (nSPS) is 10.6. The Morgan fingerprint density at radius 1 is 1.04 bits per heavy atom. The van der Waals surface area contributed by atoms with Crippen LogP contribution in [0.3, 0.4) is 0 Å². The van der Waals surface area contributed by atoms with Gasteiger partial charge in [-0.25, -0.2) is 0 Å². The standard InChI is InChI=1S/C20H25NO2/c1-4-21(14-17-10-6-5-7-11-17)20(22)15-23-19-13-9-8-12-18(19)16(2)3/h5-13,16H,4,14-15H2,1-3H3. The zero-order valence-corrected chi connectivity index (χ0v) is 14.2. The molecule has 0 N–H and O–H groups in total. The van der Waals surface area contributed by atoms with Crippen LogP contribution in [-0.2, 0) is 11.3 Å². The van der Waals surface area contributed by atoms with E-state index in [9.17, 15) is 4.79 Å². The van der Waals surface area contributed by atoms with Gasteiger partial charge in [0.1, 0.15) is 5.75 Å². The average Bonchev–Trinajstić information content (AvgIpc) is 2.58. The second-order valence-electron chi connectivity index (χ2n) is 5.87. The first-order chi connectivity index (χ1) is 11.1. The summed E-state index contributed by atoms with van der Waals surface area (Å²) in [5, 5.41) is 0. The van der Waals surface area contributed by atoms with Crippen LogP contribution < -0.4 is 4.74 Å². The summed E-state index contributed by atoms with van der Waals surface area (Å²) in [6, 6.07) is 17.9. The van der Waals surface area contributed by atoms with E-state index in [2.05, 4.69) is 13.8 Å². The van der Waals surface area contributed by atoms with Crippen LogP contribution in [0.2, 0.25) is 0 Å². The molecule has 3 heteroatoms. The van der Waals surface area contributed by atoms with Crippen LogP contribution in [0, 0.1) is 0 Å². The van der Waals surface area contributed by atoms with Crippen molar-refractivity contribution in [2.24, 2.45) is 0 Å². The van der Waals surface area contributed by atoms with E-state index in [-0.39, 0.29) is 12.5 Å². The minimum atomic E-state index is 0.00918. The summed E-state index contributed by atoms with van der Waals surface area (Å²) in [5.41, 5.74) is 2.26. The molecule has 0 aliphatic rings. The van der Waals surface area contributed by atoms with Crippen molar-refractivity contribution in [2.75, 3.05) is 13.2 Å². The predicted octanol–water partition coefficient (Wildman–Crippen LogP) is 4.24. The molecule has 0 fully saturated rings. The summed E-state index contributed by atoms with van der Waals surface area (Å²) in [6.45, 7) is 7.59. The van der Waals surface area contributed by atoms with Gasteiger partial charge in [0.05, 0.1) is 0 Å². The number of nitrogens with zero attached hydrogens (tertiary/aromatic N) is 1. The lowest BCUT2D eigenvalue weighted by molar-refractivity contribution is -0.133. The molecule has 0 heterocycles. The van der Waals surface area contributed by atoms with Crippen molar-refractivity contribution in [2.45, 2.75) is 33.2 Å². The van der Waals surface area contributed by atoms with Gasteiger partial charge in [-0.2, -0.15) is 0 Å². The van der Waals surface area contributed by atoms with Crippen LogP contribution in [0.15, 0.2) is 54.6 Å². The Morgan fingerprint density at radius 2 is 1.70 bits per heavy atom. The lowest BCUT2D eigenvalue weighted by atomic mass is 10.0. The highest BCUT2D eigenvalue weighted by Gasteiger charge is 2.14. The molecule has 0 atom stereocenters. The maximum absolute atomic E-state index is 12.4. The molecule has 0 aliphatic heterocycles. The molecular formula is C20H25NO2. The number of para-hydroxylation sites is 1. The van der Waals surface area contributed by atoms with Gasteiger partial charge in [-0.1, -0.05) is 62.4 Å². The average molecular weight is 311 g/mol. The Bertz CT molecular complexity index is 623. The Hall–Kier alpha value is -2.29. The first-order valence-electron chi connectivity index (χ1n) is 8.15. The summed E-state index contributed by atoms with van der Waals surface area (Å²) in [6.07, 6.45) is 0. The fourth-order valence-electron chi connectivity index (χ4n) is 2.50. The van der Waals surface area contributed by atoms with Gasteiger partial charge >= 0.3 is 0 Å². The molecule has 122 valence electrons. The highest BCUT2D eigenvalue weighted by Crippen LogP contribution is 2.25. The molecule has 0 saturated carbocycles. The van der Waals surface area contributed by atoms with E-state index in [0.29, 0.717) is 19.0 Å². The number of hydrogen-bond acceptors (Lipinski definition) is 2. The molecule has 0 aliphatic carbocycles. The number of ether oxygens (including phenoxy) is 1. The molecule has 0 unspecified atom stereocenters. The predicted molar refractivity (Wildman–Crippen MR) is 93.6 cm³/mol. The lowest BCUT2D eigenvalue weighted by Gasteiger charge is -2.22. The third-order valence-corrected chi connectivity index (χ3v) is 3.84. The summed E-state index contributed by atoms with van der Waals surface area (Å²) in [7, 11) is 0. The first-order valence-corrected chi connectivity index (χ1v) is 8.15. The van der Waals surface area contributed by atoms with E-state index in [0.717, 1.165) is 16.9 Å². The third-order valence-electron chi connectivity index (χ3n) is 3.84. The molecule has 2 rings (SSSR count). The molecular weight excluding hydrogens is 286 g/mol. The van der Waals surface area contributed by atoms with Crippen molar-refractivity contribution in [1.82, 2.24) is 4.90 Å². The van der Waals surface area contributed by atoms with E-state index in [1.807, 2.05) is 66.4 Å². The van der Waals surface area contributed by atoms with E-state index < -0.39 is 0 Å². The summed E-state index contributed by atoms with van der Waals surface area (Å²) in [4.78, 5) is 14.2. The molecule has 0 spiro atoms. The monoisotopic (exact) mass is 311 g/mol. The second kappa shape index (κ2) is 8.37. The number of benzene rings is 2. The SMILES string of the molecule is CCN(Cc1ccccc1)C(=O)COc1ccccc1C(C)C. The molecule has 23 heavy (non-hydrogen) atoms. The highest BCUT2D eigenvalue weighted by molar-refractivity contribution is 5.77. The Morgan fingerprint density at radius 3 is 2.35 bits per heavy atom. The number of likely N-dealkylation sites (N-methyl/N-ethyl adjacent to an activating group) is 1. The van der Waals surface area contributed by atoms with Crippen molar-refractivity contribution < 1.29 is 9.53 Å². The molecule has 0 radical (unpaired) electrons. The topological polar surface area (TPSA) is 29.5 Å². The van der Waals surface area contributed by atoms with Gasteiger partial charge in [0.2, 0.25) is 0 Å². The molecule has 3 nitrogen and oxygen atoms in total. The molecule has 0 aromatic heterocycles. The van der Waals surface area contributed by atoms with E-state index in [4.69, 9.17) is 4.74 Å². The Labute approximate surface area is 138 Å². The van der Waals surface area contributed by atoms with Crippen molar-refractivity contribution in [3.63, 3.8) is 0 Å². The summed E-state index contributed by atoms with van der Waals surface area (Å²) >= 11 is 0. The van der Waals surface area contributed by atoms with E-state index in [1.54, 1.807) is 0 Å². The minimum absolute atomic E-state index is 0.00918. The van der Waals surface area contributed by atoms with Gasteiger partial charge in [-0.05, 0) is 30.0 Å². The van der Waals surface area contributed by atoms with Crippen molar-refractivity contribution >= 4 is 5.91 Å². The number of rotatable bonds is 7. The number of amides is 1. The third kappa shape index (κ3) is 4.85. The van der Waals surface area contributed by atoms with Gasteiger partial charge in [-0.3, -0.25) is 4.79 Å².